The van der Waals surface area contributed by atoms with E-state index in [-0.39, 0.29) is 34.5 Å². The van der Waals surface area contributed by atoms with Crippen LogP contribution in [-0.4, -0.2) is 14.8 Å². The Bertz CT molecular complexity index is 1620. The summed E-state index contributed by atoms with van der Waals surface area (Å²) in [6.45, 7) is 4.02. The van der Waals surface area contributed by atoms with Gasteiger partial charge in [-0.05, 0) is 65.9 Å². The van der Waals surface area contributed by atoms with Crippen molar-refractivity contribution in [1.29, 1.82) is 0 Å². The minimum Gasteiger partial charge on any atom is -0.287 e. The Morgan fingerprint density at radius 1 is 1.03 bits per heavy atom. The molecule has 37 heavy (non-hydrogen) atoms. The van der Waals surface area contributed by atoms with E-state index in [2.05, 4.69) is 10.1 Å². The number of alkyl halides is 3. The number of hydrogen-bond donors (Lipinski definition) is 0. The zero-order valence-electron chi connectivity index (χ0n) is 20.1. The van der Waals surface area contributed by atoms with Gasteiger partial charge in [0, 0.05) is 29.8 Å². The van der Waals surface area contributed by atoms with E-state index in [1.165, 1.54) is 41.2 Å². The van der Waals surface area contributed by atoms with Crippen LogP contribution in [0, 0.1) is 11.7 Å². The fourth-order valence-electron chi connectivity index (χ4n) is 5.04. The average molecular weight is 506 g/mol. The highest BCUT2D eigenvalue weighted by Gasteiger charge is 2.32. The van der Waals surface area contributed by atoms with Gasteiger partial charge in [-0.3, -0.25) is 9.78 Å². The third kappa shape index (κ3) is 4.59. The van der Waals surface area contributed by atoms with Crippen LogP contribution >= 0.6 is 0 Å². The van der Waals surface area contributed by atoms with Crippen molar-refractivity contribution in [2.24, 2.45) is 5.92 Å². The van der Waals surface area contributed by atoms with E-state index >= 15 is 0 Å². The minimum absolute atomic E-state index is 0.161. The molecule has 0 amide bonds. The lowest BCUT2D eigenvalue weighted by Crippen LogP contribution is -2.23. The second kappa shape index (κ2) is 9.42. The monoisotopic (exact) mass is 505 g/mol. The smallest absolute Gasteiger partial charge is 0.287 e. The Morgan fingerprint density at radius 2 is 1.84 bits per heavy atom. The van der Waals surface area contributed by atoms with Gasteiger partial charge in [-0.2, -0.15) is 18.3 Å². The van der Waals surface area contributed by atoms with Crippen LogP contribution in [0.15, 0.2) is 89.5 Å². The maximum Gasteiger partial charge on any atom is 0.416 e. The zero-order chi connectivity index (χ0) is 26.3. The number of hydrogen-bond acceptors (Lipinski definition) is 3. The minimum atomic E-state index is -4.50. The van der Waals surface area contributed by atoms with E-state index in [0.29, 0.717) is 16.5 Å². The molecule has 8 heteroatoms. The van der Waals surface area contributed by atoms with Crippen LogP contribution in [-0.2, 0) is 6.18 Å². The molecule has 0 fully saturated rings. The number of fused-ring (bicyclic) bond motifs is 1. The molecule has 2 aromatic carbocycles. The van der Waals surface area contributed by atoms with Crippen LogP contribution in [0.4, 0.5) is 17.6 Å². The standard InChI is InChI=1S/C29H23F4N3O/c1-3-18-7-9-22(17(2)27(18)23-11-13-34-25-10-8-20(30)16-24(23)25)28-26(37)12-14-36(35-28)21-6-4-5-19(15-21)29(31,32)33/h4-17,27H,3H2,1-2H3. The Morgan fingerprint density at radius 3 is 2.59 bits per heavy atom. The van der Waals surface area contributed by atoms with Gasteiger partial charge < -0.3 is 0 Å². The summed E-state index contributed by atoms with van der Waals surface area (Å²) < 4.78 is 55.2. The summed E-state index contributed by atoms with van der Waals surface area (Å²) in [4.78, 5) is 17.3. The first-order valence-corrected chi connectivity index (χ1v) is 11.9. The highest BCUT2D eigenvalue weighted by atomic mass is 19.4. The van der Waals surface area contributed by atoms with Crippen molar-refractivity contribution in [3.63, 3.8) is 0 Å². The Labute approximate surface area is 210 Å². The van der Waals surface area contributed by atoms with Crippen LogP contribution in [0.1, 0.15) is 43.0 Å². The van der Waals surface area contributed by atoms with Crippen molar-refractivity contribution < 1.29 is 17.6 Å². The van der Waals surface area contributed by atoms with Crippen LogP contribution in [0.5, 0.6) is 0 Å². The third-order valence-electron chi connectivity index (χ3n) is 6.87. The van der Waals surface area contributed by atoms with Crippen LogP contribution in [0.25, 0.3) is 22.2 Å². The normalized spacial score (nSPS) is 18.0. The van der Waals surface area contributed by atoms with Gasteiger partial charge in [-0.15, -0.1) is 0 Å². The predicted molar refractivity (Wildman–Crippen MR) is 135 cm³/mol. The molecule has 0 spiro atoms. The first-order chi connectivity index (χ1) is 17.7. The molecule has 2 heterocycles. The maximum absolute atomic E-state index is 14.2. The lowest BCUT2D eigenvalue weighted by atomic mass is 9.72. The Hall–Kier alpha value is -4.07. The lowest BCUT2D eigenvalue weighted by molar-refractivity contribution is -0.137. The Kier molecular flexibility index (Phi) is 6.27. The quantitative estimate of drug-likeness (QED) is 0.278. The molecule has 0 radical (unpaired) electrons. The van der Waals surface area contributed by atoms with Gasteiger partial charge >= 0.3 is 6.18 Å². The van der Waals surface area contributed by atoms with E-state index in [0.717, 1.165) is 29.7 Å². The summed E-state index contributed by atoms with van der Waals surface area (Å²) in [5.74, 6) is -0.746. The SMILES string of the molecule is CCC1=CC=C(c2nn(-c3cccc(C(F)(F)F)c3)ccc2=O)C(C)C1c1ccnc2ccc(F)cc12. The summed E-state index contributed by atoms with van der Waals surface area (Å²) in [5.41, 5.74) is 2.55. The van der Waals surface area contributed by atoms with Crippen LogP contribution in [0.2, 0.25) is 0 Å². The Balaban J connectivity index is 1.61. The van der Waals surface area contributed by atoms with E-state index in [1.54, 1.807) is 12.3 Å². The van der Waals surface area contributed by atoms with E-state index in [4.69, 9.17) is 0 Å². The zero-order valence-corrected chi connectivity index (χ0v) is 20.1. The second-order valence-corrected chi connectivity index (χ2v) is 9.07. The highest BCUT2D eigenvalue weighted by molar-refractivity contribution is 5.84. The van der Waals surface area contributed by atoms with Crippen molar-refractivity contribution in [2.75, 3.05) is 0 Å². The number of nitrogens with zero attached hydrogens (tertiary/aromatic N) is 3. The molecule has 2 unspecified atom stereocenters. The van der Waals surface area contributed by atoms with Gasteiger partial charge in [0.1, 0.15) is 11.5 Å². The van der Waals surface area contributed by atoms with Gasteiger partial charge in [0.15, 0.2) is 0 Å². The number of rotatable bonds is 4. The number of allylic oxidation sites excluding steroid dienone is 4. The molecule has 0 N–H and O–H groups in total. The largest absolute Gasteiger partial charge is 0.416 e. The molecule has 1 aliphatic carbocycles. The lowest BCUT2D eigenvalue weighted by Gasteiger charge is -2.32. The van der Waals surface area contributed by atoms with Gasteiger partial charge in [-0.1, -0.05) is 37.6 Å². The number of pyridine rings is 1. The van der Waals surface area contributed by atoms with E-state index < -0.39 is 11.7 Å². The molecule has 0 bridgehead atoms. The molecule has 4 aromatic rings. The molecule has 4 nitrogen and oxygen atoms in total. The molecule has 0 saturated heterocycles. The molecule has 188 valence electrons. The van der Waals surface area contributed by atoms with E-state index in [9.17, 15) is 22.4 Å². The first-order valence-electron chi connectivity index (χ1n) is 11.9. The number of benzene rings is 2. The van der Waals surface area contributed by atoms with Gasteiger partial charge in [-0.25, -0.2) is 9.07 Å². The van der Waals surface area contributed by atoms with Gasteiger partial charge in [0.2, 0.25) is 5.43 Å². The molecule has 0 saturated carbocycles. The fraction of sp³-hybridized carbons (Fsp3) is 0.207. The van der Waals surface area contributed by atoms with Crippen LogP contribution < -0.4 is 5.43 Å². The molecular weight excluding hydrogens is 482 g/mol. The van der Waals surface area contributed by atoms with Crippen molar-refractivity contribution in [1.82, 2.24) is 14.8 Å². The summed E-state index contributed by atoms with van der Waals surface area (Å²) in [6, 6.07) is 12.4. The molecule has 0 aliphatic heterocycles. The first kappa shape index (κ1) is 24.6. The van der Waals surface area contributed by atoms with Crippen molar-refractivity contribution in [3.8, 4) is 5.69 Å². The summed E-state index contributed by atoms with van der Waals surface area (Å²) in [6.07, 6.45) is 3.10. The molecular formula is C29H23F4N3O. The topological polar surface area (TPSA) is 47.8 Å². The van der Waals surface area contributed by atoms with Gasteiger partial charge in [0.25, 0.3) is 0 Å². The molecule has 2 atom stereocenters. The van der Waals surface area contributed by atoms with Crippen molar-refractivity contribution in [3.05, 3.63) is 118 Å². The predicted octanol–water partition coefficient (Wildman–Crippen LogP) is 7.09. The summed E-state index contributed by atoms with van der Waals surface area (Å²) in [7, 11) is 0. The van der Waals surface area contributed by atoms with Gasteiger partial charge in [0.05, 0.1) is 16.8 Å². The third-order valence-corrected chi connectivity index (χ3v) is 6.87. The summed E-state index contributed by atoms with van der Waals surface area (Å²) >= 11 is 0. The van der Waals surface area contributed by atoms with Crippen molar-refractivity contribution >= 4 is 16.5 Å². The maximum atomic E-state index is 14.2. The molecule has 2 aromatic heterocycles. The number of halogens is 4. The van der Waals surface area contributed by atoms with Crippen LogP contribution in [0.3, 0.4) is 0 Å². The average Bonchev–Trinajstić information content (AvgIpc) is 2.88. The summed E-state index contributed by atoms with van der Waals surface area (Å²) in [5, 5.41) is 5.16. The number of aromatic nitrogens is 3. The molecule has 5 rings (SSSR count). The molecule has 1 aliphatic rings. The van der Waals surface area contributed by atoms with Crippen molar-refractivity contribution in [2.45, 2.75) is 32.4 Å². The van der Waals surface area contributed by atoms with E-state index in [1.807, 2.05) is 32.1 Å². The highest BCUT2D eigenvalue weighted by Crippen LogP contribution is 2.45. The fourth-order valence-corrected chi connectivity index (χ4v) is 5.04. The second-order valence-electron chi connectivity index (χ2n) is 9.07.